The fraction of sp³-hybridized carbons (Fsp3) is 0.111. The molecule has 0 spiro atoms. The largest absolute Gasteiger partial charge is 0.452 e. The van der Waals surface area contributed by atoms with Gasteiger partial charge in [0.1, 0.15) is 5.69 Å². The topological polar surface area (TPSA) is 98.5 Å². The highest BCUT2D eigenvalue weighted by molar-refractivity contribution is 6.35. The van der Waals surface area contributed by atoms with Crippen molar-refractivity contribution in [2.24, 2.45) is 0 Å². The Morgan fingerprint density at radius 1 is 1.26 bits per heavy atom. The van der Waals surface area contributed by atoms with E-state index >= 15 is 0 Å². The molecule has 140 valence electrons. The number of ether oxygens (including phenoxy) is 1. The third kappa shape index (κ3) is 5.80. The van der Waals surface area contributed by atoms with E-state index in [0.717, 1.165) is 6.08 Å². The predicted molar refractivity (Wildman–Crippen MR) is 103 cm³/mol. The van der Waals surface area contributed by atoms with Crippen molar-refractivity contribution in [2.45, 2.75) is 6.92 Å². The number of carbonyl (C=O) groups is 2. The fourth-order valence-corrected chi connectivity index (χ4v) is 2.59. The zero-order chi connectivity index (χ0) is 20.0. The third-order valence-electron chi connectivity index (χ3n) is 3.42. The molecule has 0 bridgehead atoms. The van der Waals surface area contributed by atoms with E-state index < -0.39 is 23.4 Å². The lowest BCUT2D eigenvalue weighted by Gasteiger charge is -2.08. The first kappa shape index (κ1) is 20.4. The van der Waals surface area contributed by atoms with Crippen molar-refractivity contribution in [1.82, 2.24) is 0 Å². The molecule has 0 saturated carbocycles. The number of nitro benzene ring substituents is 1. The monoisotopic (exact) mass is 408 g/mol. The summed E-state index contributed by atoms with van der Waals surface area (Å²) in [6.07, 6.45) is 2.53. The summed E-state index contributed by atoms with van der Waals surface area (Å²) < 4.78 is 4.82. The molecule has 0 heterocycles. The number of carbonyl (C=O) groups excluding carboxylic acids is 2. The quantitative estimate of drug-likeness (QED) is 0.330. The zero-order valence-corrected chi connectivity index (χ0v) is 15.6. The zero-order valence-electron chi connectivity index (χ0n) is 14.1. The van der Waals surface area contributed by atoms with Gasteiger partial charge in [-0.1, -0.05) is 41.4 Å². The Labute approximate surface area is 164 Å². The van der Waals surface area contributed by atoms with E-state index in [9.17, 15) is 19.7 Å². The van der Waals surface area contributed by atoms with Gasteiger partial charge >= 0.3 is 5.97 Å². The first-order valence-electron chi connectivity index (χ1n) is 7.61. The van der Waals surface area contributed by atoms with Crippen molar-refractivity contribution >= 4 is 52.5 Å². The van der Waals surface area contributed by atoms with Crippen LogP contribution in [0, 0.1) is 17.0 Å². The second-order valence-electron chi connectivity index (χ2n) is 5.38. The predicted octanol–water partition coefficient (Wildman–Crippen LogP) is 4.41. The van der Waals surface area contributed by atoms with E-state index in [2.05, 4.69) is 5.32 Å². The van der Waals surface area contributed by atoms with Crippen molar-refractivity contribution in [3.63, 3.8) is 0 Å². The van der Waals surface area contributed by atoms with Crippen molar-refractivity contribution in [3.05, 3.63) is 73.8 Å². The van der Waals surface area contributed by atoms with Gasteiger partial charge in [-0.3, -0.25) is 14.9 Å². The molecule has 0 saturated heterocycles. The van der Waals surface area contributed by atoms with Crippen molar-refractivity contribution in [1.29, 1.82) is 0 Å². The van der Waals surface area contributed by atoms with Crippen LogP contribution in [0.4, 0.5) is 11.4 Å². The molecule has 0 fully saturated rings. The van der Waals surface area contributed by atoms with Crippen LogP contribution < -0.4 is 5.32 Å². The Hall–Kier alpha value is -2.90. The summed E-state index contributed by atoms with van der Waals surface area (Å²) in [5.74, 6) is -1.46. The van der Waals surface area contributed by atoms with E-state index in [4.69, 9.17) is 27.9 Å². The van der Waals surface area contributed by atoms with Crippen molar-refractivity contribution in [2.75, 3.05) is 11.9 Å². The summed E-state index contributed by atoms with van der Waals surface area (Å²) in [5.41, 5.74) is 0.887. The van der Waals surface area contributed by atoms with Crippen LogP contribution in [-0.4, -0.2) is 23.4 Å². The highest BCUT2D eigenvalue weighted by Gasteiger charge is 2.18. The molecule has 1 N–H and O–H groups in total. The van der Waals surface area contributed by atoms with E-state index in [0.29, 0.717) is 21.2 Å². The number of esters is 1. The number of hydrogen-bond acceptors (Lipinski definition) is 5. The molecule has 0 aromatic heterocycles. The standard InChI is InChI=1S/C18H14Cl2N2O5/c1-11-3-2-4-15(22(25)26)18(11)21-16(23)10-27-17(24)8-6-12-5-7-13(19)9-14(12)20/h2-9H,10H2,1H3,(H,21,23)/b8-6+. The Morgan fingerprint density at radius 3 is 2.67 bits per heavy atom. The molecule has 0 radical (unpaired) electrons. The minimum Gasteiger partial charge on any atom is -0.452 e. The molecule has 0 unspecified atom stereocenters. The minimum absolute atomic E-state index is 0.0621. The molecule has 0 aliphatic carbocycles. The number of halogens is 2. The van der Waals surface area contributed by atoms with Gasteiger partial charge in [-0.15, -0.1) is 0 Å². The average Bonchev–Trinajstić information content (AvgIpc) is 2.60. The summed E-state index contributed by atoms with van der Waals surface area (Å²) in [5, 5.41) is 14.2. The second kappa shape index (κ2) is 9.16. The summed E-state index contributed by atoms with van der Waals surface area (Å²) in [6, 6.07) is 9.16. The van der Waals surface area contributed by atoms with E-state index in [1.165, 1.54) is 24.3 Å². The van der Waals surface area contributed by atoms with Crippen LogP contribution in [0.25, 0.3) is 6.08 Å². The molecule has 1 amide bonds. The van der Waals surface area contributed by atoms with Gasteiger partial charge in [0.15, 0.2) is 6.61 Å². The highest BCUT2D eigenvalue weighted by Crippen LogP contribution is 2.27. The molecular formula is C18H14Cl2N2O5. The van der Waals surface area contributed by atoms with Gasteiger partial charge in [-0.25, -0.2) is 4.79 Å². The van der Waals surface area contributed by atoms with Crippen LogP contribution in [0.15, 0.2) is 42.5 Å². The molecule has 7 nitrogen and oxygen atoms in total. The Morgan fingerprint density at radius 2 is 2.00 bits per heavy atom. The lowest BCUT2D eigenvalue weighted by Crippen LogP contribution is -2.21. The molecule has 2 aromatic rings. The molecule has 0 aliphatic rings. The van der Waals surface area contributed by atoms with Gasteiger partial charge in [0.2, 0.25) is 0 Å². The first-order valence-corrected chi connectivity index (χ1v) is 8.37. The number of aryl methyl sites for hydroxylation is 1. The van der Waals surface area contributed by atoms with E-state index in [1.54, 1.807) is 25.1 Å². The lowest BCUT2D eigenvalue weighted by molar-refractivity contribution is -0.384. The van der Waals surface area contributed by atoms with Gasteiger partial charge < -0.3 is 10.1 Å². The summed E-state index contributed by atoms with van der Waals surface area (Å²) in [7, 11) is 0. The maximum atomic E-state index is 11.9. The number of amides is 1. The van der Waals surface area contributed by atoms with Crippen LogP contribution >= 0.6 is 23.2 Å². The Balaban J connectivity index is 1.95. The molecule has 9 heteroatoms. The fourth-order valence-electron chi connectivity index (χ4n) is 2.12. The van der Waals surface area contributed by atoms with Crippen molar-refractivity contribution in [3.8, 4) is 0 Å². The Kier molecular flexibility index (Phi) is 6.92. The van der Waals surface area contributed by atoms with Gasteiger partial charge in [0, 0.05) is 22.2 Å². The van der Waals surface area contributed by atoms with Crippen LogP contribution in [0.3, 0.4) is 0 Å². The molecule has 27 heavy (non-hydrogen) atoms. The maximum absolute atomic E-state index is 11.9. The number of para-hydroxylation sites is 1. The van der Waals surface area contributed by atoms with E-state index in [1.807, 2.05) is 0 Å². The average molecular weight is 409 g/mol. The minimum atomic E-state index is -0.768. The van der Waals surface area contributed by atoms with Gasteiger partial charge in [0.25, 0.3) is 11.6 Å². The van der Waals surface area contributed by atoms with Crippen LogP contribution in [0.1, 0.15) is 11.1 Å². The second-order valence-corrected chi connectivity index (χ2v) is 6.22. The number of hydrogen-bond donors (Lipinski definition) is 1. The highest BCUT2D eigenvalue weighted by atomic mass is 35.5. The SMILES string of the molecule is Cc1cccc([N+](=O)[O-])c1NC(=O)COC(=O)/C=C/c1ccc(Cl)cc1Cl. The lowest BCUT2D eigenvalue weighted by atomic mass is 10.1. The van der Waals surface area contributed by atoms with E-state index in [-0.39, 0.29) is 11.4 Å². The maximum Gasteiger partial charge on any atom is 0.331 e. The summed E-state index contributed by atoms with van der Waals surface area (Å²) >= 11 is 11.8. The van der Waals surface area contributed by atoms with Crippen molar-refractivity contribution < 1.29 is 19.2 Å². The Bertz CT molecular complexity index is 928. The number of nitro groups is 1. The number of benzene rings is 2. The summed E-state index contributed by atoms with van der Waals surface area (Å²) in [6.45, 7) is 1.02. The molecule has 2 rings (SSSR count). The normalized spacial score (nSPS) is 10.6. The number of nitrogens with one attached hydrogen (secondary N) is 1. The summed E-state index contributed by atoms with van der Waals surface area (Å²) in [4.78, 5) is 34.1. The smallest absolute Gasteiger partial charge is 0.331 e. The molecule has 0 aliphatic heterocycles. The number of rotatable bonds is 6. The molecule has 2 aromatic carbocycles. The number of anilines is 1. The van der Waals surface area contributed by atoms with Gasteiger partial charge in [0.05, 0.1) is 4.92 Å². The van der Waals surface area contributed by atoms with Crippen LogP contribution in [0.5, 0.6) is 0 Å². The van der Waals surface area contributed by atoms with Crippen LogP contribution in [0.2, 0.25) is 10.0 Å². The van der Waals surface area contributed by atoms with Crippen LogP contribution in [-0.2, 0) is 14.3 Å². The molecule has 0 atom stereocenters. The third-order valence-corrected chi connectivity index (χ3v) is 3.98. The number of nitrogens with zero attached hydrogens (tertiary/aromatic N) is 1. The first-order chi connectivity index (χ1) is 12.8. The van der Waals surface area contributed by atoms with Gasteiger partial charge in [-0.2, -0.15) is 0 Å². The molecular weight excluding hydrogens is 395 g/mol. The van der Waals surface area contributed by atoms with Gasteiger partial charge in [-0.05, 0) is 36.3 Å².